The van der Waals surface area contributed by atoms with Crippen molar-refractivity contribution >= 4 is 22.6 Å². The molecule has 1 aliphatic carbocycles. The molecule has 0 saturated heterocycles. The third-order valence-corrected chi connectivity index (χ3v) is 7.21. The number of benzene rings is 3. The van der Waals surface area contributed by atoms with Gasteiger partial charge in [0.1, 0.15) is 28.6 Å². The van der Waals surface area contributed by atoms with E-state index in [1.807, 2.05) is 60.7 Å². The molecule has 0 aliphatic heterocycles. The predicted octanol–water partition coefficient (Wildman–Crippen LogP) is 8.25. The first-order valence-corrected chi connectivity index (χ1v) is 13.8. The van der Waals surface area contributed by atoms with Gasteiger partial charge in [-0.15, -0.1) is 0 Å². The van der Waals surface area contributed by atoms with Gasteiger partial charge in [-0.05, 0) is 67.1 Å². The number of rotatable bonds is 12. The SMILES string of the molecule is CCCCOc1cccc2[nH]c(-c3ccc(OCCc4ccc(Cl)cc4)cc3OCC3CCCC3)nc12. The van der Waals surface area contributed by atoms with Crippen LogP contribution in [-0.2, 0) is 6.42 Å². The molecule has 194 valence electrons. The van der Waals surface area contributed by atoms with Crippen molar-refractivity contribution in [1.82, 2.24) is 9.97 Å². The van der Waals surface area contributed by atoms with Gasteiger partial charge in [-0.3, -0.25) is 0 Å². The smallest absolute Gasteiger partial charge is 0.147 e. The fourth-order valence-corrected chi connectivity index (χ4v) is 4.93. The van der Waals surface area contributed by atoms with Gasteiger partial charge in [0.05, 0.1) is 30.9 Å². The second kappa shape index (κ2) is 12.4. The van der Waals surface area contributed by atoms with Crippen molar-refractivity contribution < 1.29 is 14.2 Å². The zero-order chi connectivity index (χ0) is 25.5. The van der Waals surface area contributed by atoms with Crippen LogP contribution >= 0.6 is 11.6 Å². The number of halogens is 1. The number of nitrogens with zero attached hydrogens (tertiary/aromatic N) is 1. The van der Waals surface area contributed by atoms with Gasteiger partial charge in [-0.25, -0.2) is 4.98 Å². The van der Waals surface area contributed by atoms with Gasteiger partial charge in [-0.2, -0.15) is 0 Å². The van der Waals surface area contributed by atoms with Crippen LogP contribution < -0.4 is 14.2 Å². The number of imidazole rings is 1. The fourth-order valence-electron chi connectivity index (χ4n) is 4.81. The molecule has 1 fully saturated rings. The van der Waals surface area contributed by atoms with Gasteiger partial charge in [0, 0.05) is 17.5 Å². The number of aromatic nitrogens is 2. The third-order valence-electron chi connectivity index (χ3n) is 6.96. The van der Waals surface area contributed by atoms with Gasteiger partial charge < -0.3 is 19.2 Å². The summed E-state index contributed by atoms with van der Waals surface area (Å²) in [6.07, 6.45) is 7.97. The molecule has 0 amide bonds. The largest absolute Gasteiger partial charge is 0.493 e. The Morgan fingerprint density at radius 2 is 1.76 bits per heavy atom. The minimum atomic E-state index is 0.576. The zero-order valence-electron chi connectivity index (χ0n) is 21.5. The van der Waals surface area contributed by atoms with Crippen molar-refractivity contribution in [3.63, 3.8) is 0 Å². The van der Waals surface area contributed by atoms with E-state index in [-0.39, 0.29) is 0 Å². The van der Waals surface area contributed by atoms with Crippen LogP contribution in [0.25, 0.3) is 22.4 Å². The van der Waals surface area contributed by atoms with Crippen molar-refractivity contribution in [2.45, 2.75) is 51.9 Å². The summed E-state index contributed by atoms with van der Waals surface area (Å²) in [5, 5.41) is 0.745. The summed E-state index contributed by atoms with van der Waals surface area (Å²) in [5.41, 5.74) is 3.92. The quantitative estimate of drug-likeness (QED) is 0.192. The lowest BCUT2D eigenvalue weighted by atomic mass is 10.1. The maximum absolute atomic E-state index is 6.41. The van der Waals surface area contributed by atoms with E-state index in [0.717, 1.165) is 64.0 Å². The van der Waals surface area contributed by atoms with Crippen LogP contribution in [0.1, 0.15) is 51.0 Å². The van der Waals surface area contributed by atoms with Gasteiger partial charge in [0.15, 0.2) is 0 Å². The highest BCUT2D eigenvalue weighted by atomic mass is 35.5. The number of aromatic amines is 1. The van der Waals surface area contributed by atoms with Crippen LogP contribution in [0.15, 0.2) is 60.7 Å². The molecule has 4 aromatic rings. The first-order chi connectivity index (χ1) is 18.2. The molecule has 1 saturated carbocycles. The molecular weight excluding hydrogens is 484 g/mol. The molecule has 37 heavy (non-hydrogen) atoms. The topological polar surface area (TPSA) is 56.4 Å². The van der Waals surface area contributed by atoms with Crippen molar-refractivity contribution in [1.29, 1.82) is 0 Å². The van der Waals surface area contributed by atoms with E-state index >= 15 is 0 Å². The Bertz CT molecular complexity index is 1300. The van der Waals surface area contributed by atoms with Crippen LogP contribution in [0, 0.1) is 5.92 Å². The van der Waals surface area contributed by atoms with Crippen LogP contribution in [0.5, 0.6) is 17.2 Å². The Morgan fingerprint density at radius 1 is 0.919 bits per heavy atom. The van der Waals surface area contributed by atoms with Crippen molar-refractivity contribution in [2.24, 2.45) is 5.92 Å². The summed E-state index contributed by atoms with van der Waals surface area (Å²) >= 11 is 6.00. The molecule has 1 heterocycles. The van der Waals surface area contributed by atoms with Gasteiger partial charge in [0.2, 0.25) is 0 Å². The van der Waals surface area contributed by atoms with Crippen molar-refractivity contribution in [3.05, 3.63) is 71.2 Å². The Labute approximate surface area is 224 Å². The normalized spacial score (nSPS) is 13.8. The molecule has 3 aromatic carbocycles. The highest BCUT2D eigenvalue weighted by molar-refractivity contribution is 6.30. The van der Waals surface area contributed by atoms with E-state index in [9.17, 15) is 0 Å². The Hall–Kier alpha value is -3.18. The average Bonchev–Trinajstić information content (AvgIpc) is 3.59. The molecule has 0 spiro atoms. The van der Waals surface area contributed by atoms with E-state index in [2.05, 4.69) is 11.9 Å². The molecule has 5 rings (SSSR count). The Balaban J connectivity index is 1.36. The minimum absolute atomic E-state index is 0.576. The number of hydrogen-bond acceptors (Lipinski definition) is 4. The van der Waals surface area contributed by atoms with Crippen molar-refractivity contribution in [3.8, 4) is 28.6 Å². The summed E-state index contributed by atoms with van der Waals surface area (Å²) in [6, 6.07) is 19.9. The summed E-state index contributed by atoms with van der Waals surface area (Å²) in [7, 11) is 0. The maximum Gasteiger partial charge on any atom is 0.147 e. The summed E-state index contributed by atoms with van der Waals surface area (Å²) in [4.78, 5) is 8.41. The van der Waals surface area contributed by atoms with Gasteiger partial charge in [-0.1, -0.05) is 56.0 Å². The molecule has 0 bridgehead atoms. The Kier molecular flexibility index (Phi) is 8.52. The molecule has 0 radical (unpaired) electrons. The van der Waals surface area contributed by atoms with E-state index in [0.29, 0.717) is 25.7 Å². The molecule has 0 atom stereocenters. The number of unbranched alkanes of at least 4 members (excludes halogenated alkanes) is 1. The molecule has 1 aromatic heterocycles. The molecule has 1 aliphatic rings. The number of nitrogens with one attached hydrogen (secondary N) is 1. The highest BCUT2D eigenvalue weighted by Gasteiger charge is 2.19. The molecular formula is C31H35ClN2O3. The summed E-state index contributed by atoms with van der Waals surface area (Å²) in [6.45, 7) is 4.14. The second-order valence-corrected chi connectivity index (χ2v) is 10.2. The van der Waals surface area contributed by atoms with Crippen LogP contribution in [0.2, 0.25) is 5.02 Å². The lowest BCUT2D eigenvalue weighted by Crippen LogP contribution is -2.09. The van der Waals surface area contributed by atoms with Crippen LogP contribution in [-0.4, -0.2) is 29.8 Å². The first kappa shape index (κ1) is 25.5. The number of para-hydroxylation sites is 1. The number of fused-ring (bicyclic) bond motifs is 1. The lowest BCUT2D eigenvalue weighted by Gasteiger charge is -2.15. The monoisotopic (exact) mass is 518 g/mol. The molecule has 6 heteroatoms. The van der Waals surface area contributed by atoms with E-state index in [1.165, 1.54) is 31.2 Å². The Morgan fingerprint density at radius 3 is 2.57 bits per heavy atom. The van der Waals surface area contributed by atoms with E-state index in [1.54, 1.807) is 0 Å². The highest BCUT2D eigenvalue weighted by Crippen LogP contribution is 2.36. The van der Waals surface area contributed by atoms with Crippen LogP contribution in [0.4, 0.5) is 0 Å². The lowest BCUT2D eigenvalue weighted by molar-refractivity contribution is 0.250. The molecule has 1 N–H and O–H groups in total. The number of H-pyrrole nitrogens is 1. The summed E-state index contributed by atoms with van der Waals surface area (Å²) in [5.74, 6) is 3.78. The molecule has 5 nitrogen and oxygen atoms in total. The standard InChI is InChI=1S/C31H35ClN2O3/c1-2-3-18-36-28-10-6-9-27-30(28)34-31(33-27)26-16-15-25(20-29(26)37-21-23-7-4-5-8-23)35-19-17-22-11-13-24(32)14-12-22/h6,9-16,20,23H,2-5,7-8,17-19,21H2,1H3,(H,33,34). The number of hydrogen-bond donors (Lipinski definition) is 1. The third kappa shape index (κ3) is 6.58. The second-order valence-electron chi connectivity index (χ2n) is 9.78. The minimum Gasteiger partial charge on any atom is -0.493 e. The number of ether oxygens (including phenoxy) is 3. The zero-order valence-corrected chi connectivity index (χ0v) is 22.2. The van der Waals surface area contributed by atoms with Crippen LogP contribution in [0.3, 0.4) is 0 Å². The van der Waals surface area contributed by atoms with Gasteiger partial charge in [0.25, 0.3) is 0 Å². The first-order valence-electron chi connectivity index (χ1n) is 13.5. The molecule has 0 unspecified atom stereocenters. The average molecular weight is 519 g/mol. The van der Waals surface area contributed by atoms with Gasteiger partial charge >= 0.3 is 0 Å². The maximum atomic E-state index is 6.41. The van der Waals surface area contributed by atoms with E-state index in [4.69, 9.17) is 30.8 Å². The predicted molar refractivity (Wildman–Crippen MR) is 150 cm³/mol. The fraction of sp³-hybridized carbons (Fsp3) is 0.387. The van der Waals surface area contributed by atoms with Crippen molar-refractivity contribution in [2.75, 3.05) is 19.8 Å². The van der Waals surface area contributed by atoms with E-state index < -0.39 is 0 Å². The summed E-state index contributed by atoms with van der Waals surface area (Å²) < 4.78 is 18.5.